The number of hydrogen-bond donors (Lipinski definition) is 1. The zero-order valence-electron chi connectivity index (χ0n) is 6.28. The van der Waals surface area contributed by atoms with E-state index in [9.17, 15) is 18.0 Å². The molecule has 1 heterocycles. The highest BCUT2D eigenvalue weighted by Gasteiger charge is 2.32. The molecule has 0 aliphatic rings. The summed E-state index contributed by atoms with van der Waals surface area (Å²) in [6.45, 7) is 0. The van der Waals surface area contributed by atoms with Crippen molar-refractivity contribution in [2.75, 3.05) is 0 Å². The van der Waals surface area contributed by atoms with Crippen LogP contribution in [0.15, 0.2) is 15.3 Å². The van der Waals surface area contributed by atoms with E-state index >= 15 is 0 Å². The smallest absolute Gasteiger partial charge is 0.389 e. The molecule has 1 N–H and O–H groups in total. The van der Waals surface area contributed by atoms with Gasteiger partial charge in [0.25, 0.3) is 5.56 Å². The van der Waals surface area contributed by atoms with Crippen LogP contribution in [0.4, 0.5) is 13.2 Å². The summed E-state index contributed by atoms with van der Waals surface area (Å²) in [4.78, 5) is 12.6. The van der Waals surface area contributed by atoms with Gasteiger partial charge in [0.1, 0.15) is 5.02 Å². The van der Waals surface area contributed by atoms with E-state index in [0.717, 1.165) is 6.07 Å². The van der Waals surface area contributed by atoms with Gasteiger partial charge in [-0.2, -0.15) is 0 Å². The van der Waals surface area contributed by atoms with E-state index in [0.29, 0.717) is 0 Å². The number of nitrogens with one attached hydrogen (secondary N) is 1. The Labute approximate surface area is 89.0 Å². The summed E-state index contributed by atoms with van der Waals surface area (Å²) in [5.41, 5.74) is -0.853. The highest BCUT2D eigenvalue weighted by Crippen LogP contribution is 2.28. The Hall–Kier alpha value is -0.690. The molecule has 0 aliphatic heterocycles. The third kappa shape index (κ3) is 2.91. The number of rotatable bonds is 1. The van der Waals surface area contributed by atoms with Gasteiger partial charge in [-0.1, -0.05) is 11.6 Å². The molecule has 0 aliphatic carbocycles. The van der Waals surface area contributed by atoms with Gasteiger partial charge in [0.2, 0.25) is 5.88 Å². The lowest BCUT2D eigenvalue weighted by Gasteiger charge is -2.09. The van der Waals surface area contributed by atoms with Gasteiger partial charge in [0.15, 0.2) is 0 Å². The first kappa shape index (κ1) is 11.4. The van der Waals surface area contributed by atoms with E-state index in [-0.39, 0.29) is 9.50 Å². The Kier molecular flexibility index (Phi) is 3.10. The summed E-state index contributed by atoms with van der Waals surface area (Å²) in [7, 11) is 0. The fourth-order valence-corrected chi connectivity index (χ4v) is 1.35. The number of H-pyrrole nitrogens is 1. The van der Waals surface area contributed by atoms with E-state index in [1.807, 2.05) is 4.98 Å². The highest BCUT2D eigenvalue weighted by atomic mass is 79.9. The van der Waals surface area contributed by atoms with E-state index in [2.05, 4.69) is 20.7 Å². The van der Waals surface area contributed by atoms with Gasteiger partial charge < -0.3 is 4.74 Å². The van der Waals surface area contributed by atoms with Gasteiger partial charge in [-0.3, -0.25) is 9.78 Å². The quantitative estimate of drug-likeness (QED) is 0.864. The fourth-order valence-electron chi connectivity index (χ4n) is 0.655. The molecular weight excluding hydrogens is 290 g/mol. The minimum absolute atomic E-state index is 0.0839. The minimum Gasteiger partial charge on any atom is -0.389 e. The van der Waals surface area contributed by atoms with Gasteiger partial charge in [-0.15, -0.1) is 13.2 Å². The summed E-state index contributed by atoms with van der Waals surface area (Å²) in [6.07, 6.45) is -4.86. The van der Waals surface area contributed by atoms with Crippen molar-refractivity contribution < 1.29 is 17.9 Å². The number of alkyl halides is 3. The first-order valence-electron chi connectivity index (χ1n) is 3.13. The number of aromatic nitrogens is 1. The lowest BCUT2D eigenvalue weighted by Crippen LogP contribution is -2.20. The van der Waals surface area contributed by atoms with Crippen LogP contribution in [0.3, 0.4) is 0 Å². The maximum Gasteiger partial charge on any atom is 0.574 e. The van der Waals surface area contributed by atoms with Crippen LogP contribution in [-0.4, -0.2) is 11.3 Å². The van der Waals surface area contributed by atoms with Crippen molar-refractivity contribution in [3.05, 3.63) is 25.9 Å². The Morgan fingerprint density at radius 1 is 1.50 bits per heavy atom. The molecule has 0 amide bonds. The standard InChI is InChI=1S/C6H2BrClF3NO2/c7-2-1-3(8)4(13)12-5(2)14-6(9,10)11/h1H,(H,12,13). The average molecular weight is 292 g/mol. The Balaban J connectivity index is 3.11. The second kappa shape index (κ2) is 3.82. The Bertz CT molecular complexity index is 403. The van der Waals surface area contributed by atoms with Crippen LogP contribution in [0.1, 0.15) is 0 Å². The lowest BCUT2D eigenvalue weighted by molar-refractivity contribution is -0.276. The van der Waals surface area contributed by atoms with Crippen LogP contribution < -0.4 is 10.3 Å². The first-order valence-corrected chi connectivity index (χ1v) is 4.31. The SMILES string of the molecule is O=c1[nH]c(OC(F)(F)F)c(Br)cc1Cl. The molecular formula is C6H2BrClF3NO2. The topological polar surface area (TPSA) is 42.1 Å². The molecule has 3 nitrogen and oxygen atoms in total. The maximum absolute atomic E-state index is 11.8. The Morgan fingerprint density at radius 2 is 2.07 bits per heavy atom. The second-order valence-electron chi connectivity index (χ2n) is 2.17. The molecule has 1 aromatic rings. The number of pyridine rings is 1. The monoisotopic (exact) mass is 291 g/mol. The van der Waals surface area contributed by atoms with Crippen molar-refractivity contribution in [1.29, 1.82) is 0 Å². The van der Waals surface area contributed by atoms with Gasteiger partial charge in [-0.05, 0) is 22.0 Å². The zero-order valence-corrected chi connectivity index (χ0v) is 8.63. The molecule has 1 aromatic heterocycles. The summed E-state index contributed by atoms with van der Waals surface area (Å²) in [6, 6.07) is 1.02. The van der Waals surface area contributed by atoms with Gasteiger partial charge >= 0.3 is 6.36 Å². The van der Waals surface area contributed by atoms with E-state index in [4.69, 9.17) is 11.6 Å². The fraction of sp³-hybridized carbons (Fsp3) is 0.167. The first-order chi connectivity index (χ1) is 6.29. The van der Waals surface area contributed by atoms with Crippen LogP contribution in [0.25, 0.3) is 0 Å². The molecule has 0 saturated carbocycles. The van der Waals surface area contributed by atoms with Crippen molar-refractivity contribution in [3.8, 4) is 5.88 Å². The number of halogens is 5. The molecule has 0 bridgehead atoms. The van der Waals surface area contributed by atoms with Crippen LogP contribution in [0.2, 0.25) is 5.02 Å². The molecule has 8 heteroatoms. The Morgan fingerprint density at radius 3 is 2.57 bits per heavy atom. The summed E-state index contributed by atoms with van der Waals surface area (Å²) in [5, 5.41) is -0.230. The lowest BCUT2D eigenvalue weighted by atomic mass is 10.5. The molecule has 0 unspecified atom stereocenters. The van der Waals surface area contributed by atoms with Crippen molar-refractivity contribution in [2.45, 2.75) is 6.36 Å². The van der Waals surface area contributed by atoms with Crippen molar-refractivity contribution in [1.82, 2.24) is 4.98 Å². The molecule has 0 fully saturated rings. The van der Waals surface area contributed by atoms with E-state index < -0.39 is 17.8 Å². The zero-order chi connectivity index (χ0) is 10.9. The summed E-state index contributed by atoms with van der Waals surface area (Å²) < 4.78 is 38.7. The summed E-state index contributed by atoms with van der Waals surface area (Å²) in [5.74, 6) is -0.730. The van der Waals surface area contributed by atoms with Crippen LogP contribution in [0, 0.1) is 0 Å². The maximum atomic E-state index is 11.8. The molecule has 0 radical (unpaired) electrons. The van der Waals surface area contributed by atoms with Gasteiger partial charge in [0, 0.05) is 0 Å². The van der Waals surface area contributed by atoms with Crippen molar-refractivity contribution >= 4 is 27.5 Å². The predicted molar refractivity (Wildman–Crippen MR) is 46.5 cm³/mol. The van der Waals surface area contributed by atoms with E-state index in [1.54, 1.807) is 0 Å². The second-order valence-corrected chi connectivity index (χ2v) is 3.43. The molecule has 0 atom stereocenters. The average Bonchev–Trinajstić information content (AvgIpc) is 1.97. The summed E-state index contributed by atoms with van der Waals surface area (Å²) >= 11 is 8.10. The molecule has 0 spiro atoms. The minimum atomic E-state index is -4.86. The van der Waals surface area contributed by atoms with E-state index in [1.165, 1.54) is 0 Å². The van der Waals surface area contributed by atoms with Crippen molar-refractivity contribution in [3.63, 3.8) is 0 Å². The molecule has 1 rings (SSSR count). The van der Waals surface area contributed by atoms with Gasteiger partial charge in [-0.25, -0.2) is 0 Å². The van der Waals surface area contributed by atoms with Crippen LogP contribution in [-0.2, 0) is 0 Å². The molecule has 0 saturated heterocycles. The molecule has 78 valence electrons. The predicted octanol–water partition coefficient (Wildman–Crippen LogP) is 2.69. The largest absolute Gasteiger partial charge is 0.574 e. The van der Waals surface area contributed by atoms with Crippen LogP contribution in [0.5, 0.6) is 5.88 Å². The highest BCUT2D eigenvalue weighted by molar-refractivity contribution is 9.10. The van der Waals surface area contributed by atoms with Crippen LogP contribution >= 0.6 is 27.5 Å². The van der Waals surface area contributed by atoms with Crippen molar-refractivity contribution in [2.24, 2.45) is 0 Å². The normalized spacial score (nSPS) is 11.5. The van der Waals surface area contributed by atoms with Gasteiger partial charge in [0.05, 0.1) is 4.47 Å². The number of aromatic amines is 1. The third-order valence-corrected chi connectivity index (χ3v) is 2.00. The molecule has 0 aromatic carbocycles. The number of hydrogen-bond acceptors (Lipinski definition) is 2. The molecule has 14 heavy (non-hydrogen) atoms. The number of ether oxygens (including phenoxy) is 1. The third-order valence-electron chi connectivity index (χ3n) is 1.13.